The summed E-state index contributed by atoms with van der Waals surface area (Å²) in [6.45, 7) is 6.31. The molecular weight excluding hydrogens is 657 g/mol. The quantitative estimate of drug-likeness (QED) is 0.0594. The standard InChI is InChI=1S/C34H48N3O11P/c1-23(2)30(45-33(40)43-21-25-15-9-6-10-16-25)47-49(42,36-32(35)37(5)28(29(38)39)27-19-13-8-14-20-27)48-31(24(3)4)46-34(41)44-22-26-17-11-7-12-18-26/h6-7,9-12,15-18,23-24,27-28,30-31H,8,13-14,19-22H2,1-5H3,(H,38,39)(H2,35,36,42). The third-order valence-corrected chi connectivity index (χ3v) is 9.14. The monoisotopic (exact) mass is 705 g/mol. The minimum atomic E-state index is -4.86. The smallest absolute Gasteiger partial charge is 0.480 e. The molecule has 270 valence electrons. The largest absolute Gasteiger partial charge is 0.510 e. The molecule has 0 saturated heterocycles. The van der Waals surface area contributed by atoms with Crippen LogP contribution in [0.4, 0.5) is 9.59 Å². The van der Waals surface area contributed by atoms with Crippen LogP contribution < -0.4 is 5.73 Å². The van der Waals surface area contributed by atoms with Crippen molar-refractivity contribution in [3.8, 4) is 0 Å². The first kappa shape index (κ1) is 39.3. The number of carboxylic acids is 1. The van der Waals surface area contributed by atoms with Crippen molar-refractivity contribution in [3.63, 3.8) is 0 Å². The Hall–Kier alpha value is -4.13. The molecule has 1 saturated carbocycles. The maximum atomic E-state index is 14.5. The minimum Gasteiger partial charge on any atom is -0.480 e. The number of hydrogen-bond donors (Lipinski definition) is 2. The Morgan fingerprint density at radius 2 is 1.24 bits per heavy atom. The molecule has 3 unspecified atom stereocenters. The predicted octanol–water partition coefficient (Wildman–Crippen LogP) is 7.08. The van der Waals surface area contributed by atoms with Gasteiger partial charge < -0.3 is 34.7 Å². The Bertz CT molecular complexity index is 1340. The molecule has 0 spiro atoms. The van der Waals surface area contributed by atoms with E-state index in [-0.39, 0.29) is 19.1 Å². The Kier molecular flexibility index (Phi) is 15.4. The van der Waals surface area contributed by atoms with E-state index in [1.54, 1.807) is 76.2 Å². The maximum Gasteiger partial charge on any atom is 0.510 e. The van der Waals surface area contributed by atoms with Crippen LogP contribution in [-0.4, -0.2) is 59.9 Å². The summed E-state index contributed by atoms with van der Waals surface area (Å²) < 4.78 is 51.2. The molecule has 0 heterocycles. The van der Waals surface area contributed by atoms with Gasteiger partial charge in [-0.1, -0.05) is 108 Å². The second-order valence-corrected chi connectivity index (χ2v) is 14.0. The molecule has 1 aliphatic carbocycles. The normalized spacial score (nSPS) is 17.0. The third kappa shape index (κ3) is 13.0. The van der Waals surface area contributed by atoms with E-state index in [4.69, 9.17) is 33.7 Å². The summed E-state index contributed by atoms with van der Waals surface area (Å²) in [5.74, 6) is -3.05. The molecule has 2 aromatic carbocycles. The maximum absolute atomic E-state index is 14.5. The molecule has 49 heavy (non-hydrogen) atoms. The van der Waals surface area contributed by atoms with Gasteiger partial charge in [0.05, 0.1) is 0 Å². The third-order valence-electron chi connectivity index (χ3n) is 7.74. The number of hydrogen-bond acceptors (Lipinski definition) is 10. The molecule has 3 atom stereocenters. The number of carbonyl (C=O) groups is 3. The number of likely N-dealkylation sites (N-methyl/N-ethyl adjacent to an activating group) is 1. The summed E-state index contributed by atoms with van der Waals surface area (Å²) in [6.07, 6.45) is -1.24. The zero-order valence-corrected chi connectivity index (χ0v) is 29.5. The number of aliphatic carboxylic acids is 1. The minimum absolute atomic E-state index is 0.0966. The Morgan fingerprint density at radius 3 is 1.63 bits per heavy atom. The molecule has 15 heteroatoms. The number of nitrogens with zero attached hydrogens (tertiary/aromatic N) is 2. The van der Waals surface area contributed by atoms with Crippen LogP contribution in [-0.2, 0) is 50.6 Å². The van der Waals surface area contributed by atoms with Crippen LogP contribution in [0.25, 0.3) is 0 Å². The van der Waals surface area contributed by atoms with Crippen molar-refractivity contribution in [2.24, 2.45) is 28.3 Å². The van der Waals surface area contributed by atoms with Crippen molar-refractivity contribution >= 4 is 32.0 Å². The van der Waals surface area contributed by atoms with Gasteiger partial charge in [-0.25, -0.2) is 28.0 Å². The molecule has 2 aromatic rings. The van der Waals surface area contributed by atoms with E-state index < -0.39 is 62.4 Å². The summed E-state index contributed by atoms with van der Waals surface area (Å²) in [7, 11) is -3.44. The van der Waals surface area contributed by atoms with E-state index in [1.165, 1.54) is 11.9 Å². The van der Waals surface area contributed by atoms with Gasteiger partial charge in [-0.05, 0) is 29.9 Å². The highest BCUT2D eigenvalue weighted by molar-refractivity contribution is 7.52. The van der Waals surface area contributed by atoms with Gasteiger partial charge in [-0.3, -0.25) is 0 Å². The number of nitrogens with two attached hydrogens (primary N) is 1. The number of benzene rings is 2. The zero-order valence-electron chi connectivity index (χ0n) is 28.6. The van der Waals surface area contributed by atoms with Crippen LogP contribution in [0.15, 0.2) is 65.4 Å². The summed E-state index contributed by atoms with van der Waals surface area (Å²) in [6, 6.07) is 16.7. The van der Waals surface area contributed by atoms with Gasteiger partial charge in [-0.2, -0.15) is 0 Å². The number of rotatable bonds is 16. The van der Waals surface area contributed by atoms with E-state index in [9.17, 15) is 24.1 Å². The molecule has 0 radical (unpaired) electrons. The average molecular weight is 706 g/mol. The van der Waals surface area contributed by atoms with Crippen LogP contribution in [0.3, 0.4) is 0 Å². The lowest BCUT2D eigenvalue weighted by atomic mass is 9.83. The fourth-order valence-corrected chi connectivity index (χ4v) is 6.69. The van der Waals surface area contributed by atoms with Crippen LogP contribution >= 0.6 is 7.75 Å². The summed E-state index contributed by atoms with van der Waals surface area (Å²) in [4.78, 5) is 38.9. The molecule has 3 rings (SSSR count). The lowest BCUT2D eigenvalue weighted by molar-refractivity contribution is -0.144. The van der Waals surface area contributed by atoms with Gasteiger partial charge in [0.2, 0.25) is 18.5 Å². The van der Waals surface area contributed by atoms with Crippen LogP contribution in [0.5, 0.6) is 0 Å². The van der Waals surface area contributed by atoms with Gasteiger partial charge in [0, 0.05) is 18.9 Å². The molecule has 0 bridgehead atoms. The fraction of sp³-hybridized carbons (Fsp3) is 0.529. The summed E-state index contributed by atoms with van der Waals surface area (Å²) in [5.41, 5.74) is 7.71. The molecular formula is C34H48N3O11P. The summed E-state index contributed by atoms with van der Waals surface area (Å²) in [5, 5.41) is 10.1. The molecule has 14 nitrogen and oxygen atoms in total. The Morgan fingerprint density at radius 1 is 0.816 bits per heavy atom. The first-order chi connectivity index (χ1) is 23.3. The Labute approximate surface area is 287 Å². The molecule has 1 fully saturated rings. The molecule has 0 aromatic heterocycles. The van der Waals surface area contributed by atoms with Gasteiger partial charge in [-0.15, -0.1) is 4.76 Å². The highest BCUT2D eigenvalue weighted by atomic mass is 31.2. The van der Waals surface area contributed by atoms with Gasteiger partial charge >= 0.3 is 26.0 Å². The van der Waals surface area contributed by atoms with Gasteiger partial charge in [0.25, 0.3) is 0 Å². The number of carboxylic acid groups (broad SMARTS) is 1. The highest BCUT2D eigenvalue weighted by Gasteiger charge is 2.41. The van der Waals surface area contributed by atoms with Crippen LogP contribution in [0.1, 0.15) is 70.9 Å². The second-order valence-electron chi connectivity index (χ2n) is 12.4. The van der Waals surface area contributed by atoms with E-state index in [2.05, 4.69) is 4.76 Å². The highest BCUT2D eigenvalue weighted by Crippen LogP contribution is 2.54. The molecule has 1 aliphatic rings. The second kappa shape index (κ2) is 19.2. The SMILES string of the molecule is CC(C)C(OC(=O)OCc1ccccc1)OP(=O)(N=C(N)N(C)C(C(=O)O)C1CCCCC1)OC(OC(=O)OCc1ccccc1)C(C)C. The summed E-state index contributed by atoms with van der Waals surface area (Å²) >= 11 is 0. The van der Waals surface area contributed by atoms with Crippen molar-refractivity contribution < 1.29 is 52.1 Å². The average Bonchev–Trinajstić information content (AvgIpc) is 3.07. The first-order valence-corrected chi connectivity index (χ1v) is 17.8. The Balaban J connectivity index is 1.87. The van der Waals surface area contributed by atoms with E-state index in [1.807, 2.05) is 12.1 Å². The van der Waals surface area contributed by atoms with Crippen LogP contribution in [0, 0.1) is 17.8 Å². The van der Waals surface area contributed by atoms with Crippen molar-refractivity contribution in [1.29, 1.82) is 0 Å². The van der Waals surface area contributed by atoms with Crippen LogP contribution in [0.2, 0.25) is 0 Å². The lowest BCUT2D eigenvalue weighted by Crippen LogP contribution is -2.50. The van der Waals surface area contributed by atoms with Crippen molar-refractivity contribution in [1.82, 2.24) is 4.90 Å². The van der Waals surface area contributed by atoms with Gasteiger partial charge in [0.15, 0.2) is 0 Å². The predicted molar refractivity (Wildman–Crippen MR) is 180 cm³/mol. The van der Waals surface area contributed by atoms with Crippen molar-refractivity contribution in [2.75, 3.05) is 7.05 Å². The van der Waals surface area contributed by atoms with E-state index >= 15 is 0 Å². The van der Waals surface area contributed by atoms with Crippen molar-refractivity contribution in [3.05, 3.63) is 71.8 Å². The molecule has 0 aliphatic heterocycles. The first-order valence-electron chi connectivity index (χ1n) is 16.3. The topological polar surface area (TPSA) is 186 Å². The molecule has 0 amide bonds. The van der Waals surface area contributed by atoms with Crippen molar-refractivity contribution in [2.45, 2.75) is 91.6 Å². The fourth-order valence-electron chi connectivity index (χ4n) is 5.06. The lowest BCUT2D eigenvalue weighted by Gasteiger charge is -2.35. The zero-order chi connectivity index (χ0) is 36.0. The molecule has 3 N–H and O–H groups in total. The number of ether oxygens (including phenoxy) is 4. The van der Waals surface area contributed by atoms with E-state index in [0.717, 1.165) is 19.3 Å². The van der Waals surface area contributed by atoms with E-state index in [0.29, 0.717) is 24.0 Å². The van der Waals surface area contributed by atoms with Gasteiger partial charge in [0.1, 0.15) is 19.3 Å². The number of carbonyl (C=O) groups excluding carboxylic acids is 2. The number of guanidine groups is 1.